The number of azide groups is 1. The minimum atomic E-state index is -0.528. The van der Waals surface area contributed by atoms with Crippen molar-refractivity contribution in [2.45, 2.75) is 6.92 Å². The Morgan fingerprint density at radius 3 is 2.71 bits per heavy atom. The van der Waals surface area contributed by atoms with Gasteiger partial charge in [-0.3, -0.25) is 14.4 Å². The molecular weight excluding hydrogens is 296 g/mol. The van der Waals surface area contributed by atoms with Gasteiger partial charge in [-0.1, -0.05) is 16.7 Å². The maximum atomic E-state index is 12.1. The molecule has 0 radical (unpaired) electrons. The van der Waals surface area contributed by atoms with Gasteiger partial charge in [0.2, 0.25) is 11.7 Å². The van der Waals surface area contributed by atoms with Crippen LogP contribution in [0.15, 0.2) is 33.9 Å². The monoisotopic (exact) mass is 304 g/mol. The summed E-state index contributed by atoms with van der Waals surface area (Å²) in [7, 11) is 0. The van der Waals surface area contributed by atoms with Crippen molar-refractivity contribution in [1.82, 2.24) is 0 Å². The fraction of sp³-hybridized carbons (Fsp3) is 0.154. The molecule has 0 fully saturated rings. The van der Waals surface area contributed by atoms with Crippen LogP contribution < -0.4 is 5.32 Å². The summed E-state index contributed by atoms with van der Waals surface area (Å²) in [6, 6.07) is 4.31. The molecule has 0 aliphatic heterocycles. The summed E-state index contributed by atoms with van der Waals surface area (Å²) in [5.41, 5.74) is 9.04. The number of allylic oxidation sites excluding steroid dienone is 2. The topological polar surface area (TPSA) is 112 Å². The van der Waals surface area contributed by atoms with Gasteiger partial charge in [0.25, 0.3) is 0 Å². The summed E-state index contributed by atoms with van der Waals surface area (Å²) in [5, 5.41) is 5.46. The molecule has 106 valence electrons. The minimum Gasteiger partial charge on any atom is -0.326 e. The lowest BCUT2D eigenvalue weighted by Gasteiger charge is -2.16. The lowest BCUT2D eigenvalue weighted by Crippen LogP contribution is -2.20. The highest BCUT2D eigenvalue weighted by Gasteiger charge is 2.29. The van der Waals surface area contributed by atoms with E-state index in [-0.39, 0.29) is 34.1 Å². The van der Waals surface area contributed by atoms with E-state index >= 15 is 0 Å². The van der Waals surface area contributed by atoms with E-state index in [1.807, 2.05) is 0 Å². The zero-order chi connectivity index (χ0) is 15.6. The molecule has 8 heteroatoms. The van der Waals surface area contributed by atoms with Gasteiger partial charge in [0.1, 0.15) is 6.54 Å². The van der Waals surface area contributed by atoms with E-state index in [4.69, 9.17) is 17.1 Å². The number of fused-ring (bicyclic) bond motifs is 1. The number of nitrogens with zero attached hydrogens (tertiary/aromatic N) is 3. The standard InChI is InChI=1S/C13H9ClN4O3/c1-6-11(14)13(21)9-4-7(2-3-8(9)12(6)20)17-10(19)5-16-18-15/h2-4H,5H2,1H3,(H,17,19). The maximum Gasteiger partial charge on any atom is 0.230 e. The van der Waals surface area contributed by atoms with Crippen molar-refractivity contribution in [3.8, 4) is 0 Å². The quantitative estimate of drug-likeness (QED) is 0.526. The van der Waals surface area contributed by atoms with Crippen LogP contribution in [-0.4, -0.2) is 24.0 Å². The van der Waals surface area contributed by atoms with Crippen LogP contribution in [0.4, 0.5) is 5.69 Å². The van der Waals surface area contributed by atoms with E-state index < -0.39 is 11.7 Å². The van der Waals surface area contributed by atoms with Crippen LogP contribution in [0.3, 0.4) is 0 Å². The molecule has 7 nitrogen and oxygen atoms in total. The summed E-state index contributed by atoms with van der Waals surface area (Å²) in [5.74, 6) is -1.31. The number of rotatable bonds is 3. The van der Waals surface area contributed by atoms with Gasteiger partial charge in [-0.2, -0.15) is 0 Å². The maximum absolute atomic E-state index is 12.1. The average molecular weight is 305 g/mol. The van der Waals surface area contributed by atoms with Gasteiger partial charge in [-0.05, 0) is 30.7 Å². The fourth-order valence-corrected chi connectivity index (χ4v) is 2.08. The number of anilines is 1. The molecule has 2 rings (SSSR count). The van der Waals surface area contributed by atoms with Crippen LogP contribution in [-0.2, 0) is 4.79 Å². The number of hydrogen-bond acceptors (Lipinski definition) is 4. The molecule has 0 saturated carbocycles. The molecule has 0 aromatic heterocycles. The largest absolute Gasteiger partial charge is 0.326 e. The molecule has 1 aromatic rings. The first-order valence-corrected chi connectivity index (χ1v) is 6.24. The summed E-state index contributed by atoms with van der Waals surface area (Å²) in [4.78, 5) is 38.0. The van der Waals surface area contributed by atoms with Crippen molar-refractivity contribution in [2.24, 2.45) is 5.11 Å². The summed E-state index contributed by atoms with van der Waals surface area (Å²) in [6.07, 6.45) is 0. The zero-order valence-electron chi connectivity index (χ0n) is 10.9. The third-order valence-electron chi connectivity index (χ3n) is 2.94. The number of carbonyl (C=O) groups excluding carboxylic acids is 3. The van der Waals surface area contributed by atoms with Crippen molar-refractivity contribution in [3.63, 3.8) is 0 Å². The highest BCUT2D eigenvalue weighted by molar-refractivity contribution is 6.50. The third-order valence-corrected chi connectivity index (χ3v) is 3.39. The lowest BCUT2D eigenvalue weighted by atomic mass is 9.89. The van der Waals surface area contributed by atoms with E-state index in [1.54, 1.807) is 0 Å². The van der Waals surface area contributed by atoms with E-state index in [1.165, 1.54) is 25.1 Å². The van der Waals surface area contributed by atoms with Gasteiger partial charge >= 0.3 is 0 Å². The van der Waals surface area contributed by atoms with Gasteiger partial charge in [0.15, 0.2) is 5.78 Å². The molecule has 1 N–H and O–H groups in total. The second-order valence-corrected chi connectivity index (χ2v) is 4.67. The SMILES string of the molecule is CC1=C(Cl)C(=O)c2cc(NC(=O)CN=[N+]=[N-])ccc2C1=O. The van der Waals surface area contributed by atoms with Gasteiger partial charge in [-0.25, -0.2) is 0 Å². The molecule has 0 spiro atoms. The van der Waals surface area contributed by atoms with Crippen LogP contribution >= 0.6 is 11.6 Å². The van der Waals surface area contributed by atoms with E-state index in [2.05, 4.69) is 15.3 Å². The van der Waals surface area contributed by atoms with Crippen LogP contribution in [0.1, 0.15) is 27.6 Å². The van der Waals surface area contributed by atoms with Gasteiger partial charge < -0.3 is 5.32 Å². The Labute approximate surface area is 124 Å². The highest BCUT2D eigenvalue weighted by atomic mass is 35.5. The number of nitrogens with one attached hydrogen (secondary N) is 1. The van der Waals surface area contributed by atoms with Crippen LogP contribution in [0.25, 0.3) is 10.4 Å². The number of ketones is 2. The van der Waals surface area contributed by atoms with Gasteiger partial charge in [-0.15, -0.1) is 0 Å². The van der Waals surface area contributed by atoms with Crippen molar-refractivity contribution < 1.29 is 14.4 Å². The molecule has 0 saturated heterocycles. The Morgan fingerprint density at radius 1 is 1.33 bits per heavy atom. The number of amides is 1. The predicted octanol–water partition coefficient (Wildman–Crippen LogP) is 2.83. The molecule has 0 atom stereocenters. The van der Waals surface area contributed by atoms with Gasteiger partial charge in [0.05, 0.1) is 5.03 Å². The number of hydrogen-bond donors (Lipinski definition) is 1. The third kappa shape index (κ3) is 2.79. The Morgan fingerprint density at radius 2 is 2.05 bits per heavy atom. The van der Waals surface area contributed by atoms with E-state index in [0.29, 0.717) is 5.69 Å². The minimum absolute atomic E-state index is 0.120. The average Bonchev–Trinajstić information content (AvgIpc) is 2.48. The summed E-state index contributed by atoms with van der Waals surface area (Å²) in [6.45, 7) is 1.13. The Bertz CT molecular complexity index is 748. The molecular formula is C13H9ClN4O3. The molecule has 1 amide bonds. The first-order chi connectivity index (χ1) is 9.95. The van der Waals surface area contributed by atoms with Crippen molar-refractivity contribution in [1.29, 1.82) is 0 Å². The first kappa shape index (κ1) is 14.8. The smallest absolute Gasteiger partial charge is 0.230 e. The molecule has 21 heavy (non-hydrogen) atoms. The zero-order valence-corrected chi connectivity index (χ0v) is 11.6. The van der Waals surface area contributed by atoms with Gasteiger partial charge in [0, 0.05) is 27.3 Å². The summed E-state index contributed by atoms with van der Waals surface area (Å²) >= 11 is 5.83. The highest BCUT2D eigenvalue weighted by Crippen LogP contribution is 2.30. The number of halogens is 1. The van der Waals surface area contributed by atoms with Crippen LogP contribution in [0.5, 0.6) is 0 Å². The summed E-state index contributed by atoms with van der Waals surface area (Å²) < 4.78 is 0. The number of benzene rings is 1. The van der Waals surface area contributed by atoms with Crippen molar-refractivity contribution in [3.05, 3.63) is 50.4 Å². The van der Waals surface area contributed by atoms with E-state index in [0.717, 1.165) is 0 Å². The normalized spacial score (nSPS) is 13.6. The lowest BCUT2D eigenvalue weighted by molar-refractivity contribution is -0.114. The molecule has 1 aliphatic carbocycles. The molecule has 1 aromatic carbocycles. The van der Waals surface area contributed by atoms with Crippen LogP contribution in [0, 0.1) is 0 Å². The van der Waals surface area contributed by atoms with Crippen molar-refractivity contribution >= 4 is 34.8 Å². The molecule has 0 unspecified atom stereocenters. The molecule has 1 aliphatic rings. The van der Waals surface area contributed by atoms with Crippen molar-refractivity contribution in [2.75, 3.05) is 11.9 Å². The molecule has 0 heterocycles. The fourth-order valence-electron chi connectivity index (χ4n) is 1.89. The Kier molecular flexibility index (Phi) is 4.07. The Hall–Kier alpha value is -2.63. The second kappa shape index (κ2) is 5.78. The second-order valence-electron chi connectivity index (χ2n) is 4.29. The number of Topliss-reactive ketones (excluding diaryl/α,β-unsaturated/α-hetero) is 2. The predicted molar refractivity (Wildman–Crippen MR) is 76.3 cm³/mol. The number of carbonyl (C=O) groups is 3. The Balaban J connectivity index is 2.34. The first-order valence-electron chi connectivity index (χ1n) is 5.86. The van der Waals surface area contributed by atoms with E-state index in [9.17, 15) is 14.4 Å². The van der Waals surface area contributed by atoms with Crippen LogP contribution in [0.2, 0.25) is 0 Å². The molecule has 0 bridgehead atoms.